The first-order chi connectivity index (χ1) is 12.6. The fraction of sp³-hybridized carbons (Fsp3) is 0.174. The molecule has 138 valence electrons. The quantitative estimate of drug-likeness (QED) is 0.363. The van der Waals surface area contributed by atoms with Gasteiger partial charge in [-0.2, -0.15) is 4.99 Å². The topological polar surface area (TPSA) is 29.4 Å². The van der Waals surface area contributed by atoms with Crippen molar-refractivity contribution in [1.82, 2.24) is 0 Å². The van der Waals surface area contributed by atoms with Gasteiger partial charge in [-0.1, -0.05) is 53.1 Å². The molecule has 0 heterocycles. The maximum Gasteiger partial charge on any atom is 0.238 e. The largest absolute Gasteiger partial charge is 1.00 e. The minimum absolute atomic E-state index is 0. The van der Waals surface area contributed by atoms with Crippen LogP contribution in [0.5, 0.6) is 0 Å². The van der Waals surface area contributed by atoms with Gasteiger partial charge in [0.1, 0.15) is 23.2 Å². The maximum absolute atomic E-state index is 11.0. The van der Waals surface area contributed by atoms with E-state index in [0.29, 0.717) is 6.29 Å². The lowest BCUT2D eigenvalue weighted by atomic mass is 10.2. The summed E-state index contributed by atoms with van der Waals surface area (Å²) in [5, 5.41) is 3.69. The van der Waals surface area contributed by atoms with Gasteiger partial charge in [-0.05, 0) is 57.2 Å². The van der Waals surface area contributed by atoms with Crippen LogP contribution in [0.2, 0.25) is 0 Å². The van der Waals surface area contributed by atoms with Crippen molar-refractivity contribution in [3.63, 3.8) is 0 Å². The second-order valence-electron chi connectivity index (χ2n) is 6.71. The van der Waals surface area contributed by atoms with E-state index in [-0.39, 0.29) is 12.4 Å². The number of carbonyl (C=O) groups excluding carboxylic acids is 1. The van der Waals surface area contributed by atoms with E-state index in [0.717, 1.165) is 0 Å². The molecule has 4 heteroatoms. The molecule has 0 spiro atoms. The smallest absolute Gasteiger partial charge is 0.238 e. The van der Waals surface area contributed by atoms with Crippen molar-refractivity contribution in [3.8, 4) is 0 Å². The van der Waals surface area contributed by atoms with Crippen LogP contribution in [0.3, 0.4) is 0 Å². The summed E-state index contributed by atoms with van der Waals surface area (Å²) in [4.78, 5) is 15.1. The van der Waals surface area contributed by atoms with Crippen LogP contribution in [0, 0.1) is 20.8 Å². The molecule has 0 aliphatic heterocycles. The van der Waals surface area contributed by atoms with Gasteiger partial charge in [0.25, 0.3) is 0 Å². The van der Waals surface area contributed by atoms with Crippen LogP contribution in [0.25, 0.3) is 0 Å². The van der Waals surface area contributed by atoms with Crippen molar-refractivity contribution in [2.45, 2.75) is 20.8 Å². The van der Waals surface area contributed by atoms with Crippen LogP contribution in [0.4, 0.5) is 0 Å². The van der Waals surface area contributed by atoms with Gasteiger partial charge >= 0.3 is 0 Å². The zero-order valence-electron chi connectivity index (χ0n) is 15.8. The van der Waals surface area contributed by atoms with Gasteiger partial charge < -0.3 is 12.4 Å². The first kappa shape index (κ1) is 21.1. The Bertz CT molecular complexity index is 817. The number of isocyanates is 1. The molecule has 0 atom stereocenters. The number of hydrogen-bond acceptors (Lipinski definition) is 2. The molecule has 0 bridgehead atoms. The van der Waals surface area contributed by atoms with E-state index in [4.69, 9.17) is 0 Å². The normalized spacial score (nSPS) is 10.6. The molecule has 2 nitrogen and oxygen atoms in total. The molecule has 0 fully saturated rings. The van der Waals surface area contributed by atoms with Crippen molar-refractivity contribution in [2.75, 3.05) is 6.29 Å². The predicted octanol–water partition coefficient (Wildman–Crippen LogP) is 1.20. The summed E-state index contributed by atoms with van der Waals surface area (Å²) in [5.41, 5.74) is 3.66. The average Bonchev–Trinajstić information content (AvgIpc) is 2.66. The van der Waals surface area contributed by atoms with Crippen molar-refractivity contribution >= 4 is 29.3 Å². The Morgan fingerprint density at radius 1 is 0.667 bits per heavy atom. The molecule has 0 N–H and O–H groups in total. The molecule has 3 aromatic carbocycles. The van der Waals surface area contributed by atoms with E-state index >= 15 is 0 Å². The SMILES string of the molecule is Cc1ccc([P+](CN=C=O)(c2ccc(C)cc2)c2ccc(C)cc2)cc1.[Cl-]. The summed E-state index contributed by atoms with van der Waals surface area (Å²) < 4.78 is 0. The van der Waals surface area contributed by atoms with E-state index in [1.165, 1.54) is 32.6 Å². The number of benzene rings is 3. The summed E-state index contributed by atoms with van der Waals surface area (Å²) in [6, 6.07) is 25.9. The van der Waals surface area contributed by atoms with Crippen LogP contribution in [-0.4, -0.2) is 12.4 Å². The highest BCUT2D eigenvalue weighted by molar-refractivity contribution is 7.95. The zero-order valence-corrected chi connectivity index (χ0v) is 17.5. The van der Waals surface area contributed by atoms with Crippen LogP contribution in [-0.2, 0) is 4.79 Å². The Morgan fingerprint density at radius 2 is 0.963 bits per heavy atom. The molecule has 27 heavy (non-hydrogen) atoms. The molecule has 0 saturated carbocycles. The third kappa shape index (κ3) is 4.37. The standard InChI is InChI=1S/C23H23NOP.ClH/c1-18-4-10-21(11-5-18)26(17-24-16-25,22-12-6-19(2)7-13-22)23-14-8-20(3)9-15-23;/h4-15H,17H2,1-3H3;1H/q+1;/p-1. The Labute approximate surface area is 168 Å². The summed E-state index contributed by atoms with van der Waals surface area (Å²) in [6.45, 7) is 6.27. The minimum Gasteiger partial charge on any atom is -1.00 e. The van der Waals surface area contributed by atoms with Gasteiger partial charge in [0, 0.05) is 0 Å². The number of hydrogen-bond donors (Lipinski definition) is 0. The van der Waals surface area contributed by atoms with Crippen LogP contribution < -0.4 is 28.3 Å². The lowest BCUT2D eigenvalue weighted by Crippen LogP contribution is -3.00. The Morgan fingerprint density at radius 3 is 1.22 bits per heavy atom. The molecular weight excluding hydrogens is 373 g/mol. The molecule has 0 radical (unpaired) electrons. The molecule has 0 aliphatic carbocycles. The molecule has 0 unspecified atom stereocenters. The molecule has 3 rings (SSSR count). The van der Waals surface area contributed by atoms with Crippen molar-refractivity contribution in [1.29, 1.82) is 0 Å². The van der Waals surface area contributed by atoms with E-state index in [9.17, 15) is 4.79 Å². The van der Waals surface area contributed by atoms with Gasteiger partial charge in [0.15, 0.2) is 6.29 Å². The van der Waals surface area contributed by atoms with Gasteiger partial charge in [0.2, 0.25) is 6.08 Å². The van der Waals surface area contributed by atoms with E-state index in [1.807, 2.05) is 0 Å². The molecular formula is C23H23ClNOP. The summed E-state index contributed by atoms with van der Waals surface area (Å²) in [6.07, 6.45) is 2.21. The summed E-state index contributed by atoms with van der Waals surface area (Å²) in [5.74, 6) is 0. The van der Waals surface area contributed by atoms with E-state index < -0.39 is 7.26 Å². The Kier molecular flexibility index (Phi) is 7.11. The van der Waals surface area contributed by atoms with Crippen LogP contribution in [0.15, 0.2) is 77.8 Å². The van der Waals surface area contributed by atoms with Crippen LogP contribution >= 0.6 is 7.26 Å². The Hall–Kier alpha value is -2.24. The summed E-state index contributed by atoms with van der Waals surface area (Å²) >= 11 is 0. The van der Waals surface area contributed by atoms with Gasteiger partial charge in [-0.3, -0.25) is 0 Å². The lowest BCUT2D eigenvalue weighted by molar-refractivity contribution is -0.00000645. The highest BCUT2D eigenvalue weighted by atomic mass is 35.5. The third-order valence-electron chi connectivity index (χ3n) is 4.77. The first-order valence-corrected chi connectivity index (χ1v) is 10.7. The van der Waals surface area contributed by atoms with Gasteiger partial charge in [0.05, 0.1) is 0 Å². The highest BCUT2D eigenvalue weighted by Crippen LogP contribution is 2.55. The number of halogens is 1. The number of rotatable bonds is 5. The second kappa shape index (κ2) is 9.11. The fourth-order valence-corrected chi connectivity index (χ4v) is 6.85. The number of aryl methyl sites for hydroxylation is 3. The minimum atomic E-state index is -2.06. The molecule has 0 saturated heterocycles. The molecule has 3 aromatic rings. The second-order valence-corrected chi connectivity index (χ2v) is 10.2. The fourth-order valence-electron chi connectivity index (χ4n) is 3.22. The van der Waals surface area contributed by atoms with E-state index in [1.54, 1.807) is 6.08 Å². The monoisotopic (exact) mass is 395 g/mol. The molecule has 0 amide bonds. The Balaban J connectivity index is 0.00000261. The van der Waals surface area contributed by atoms with E-state index in [2.05, 4.69) is 98.6 Å². The van der Waals surface area contributed by atoms with Crippen molar-refractivity contribution < 1.29 is 17.2 Å². The number of nitrogens with zero attached hydrogens (tertiary/aromatic N) is 1. The maximum atomic E-state index is 11.0. The third-order valence-corrected chi connectivity index (χ3v) is 8.88. The first-order valence-electron chi connectivity index (χ1n) is 8.70. The predicted molar refractivity (Wildman–Crippen MR) is 112 cm³/mol. The van der Waals surface area contributed by atoms with Crippen molar-refractivity contribution in [3.05, 3.63) is 89.5 Å². The molecule has 0 aliphatic rings. The van der Waals surface area contributed by atoms with Crippen LogP contribution in [0.1, 0.15) is 16.7 Å². The molecule has 0 aromatic heterocycles. The van der Waals surface area contributed by atoms with Gasteiger partial charge in [-0.25, -0.2) is 4.79 Å². The van der Waals surface area contributed by atoms with Gasteiger partial charge in [-0.15, -0.1) is 0 Å². The van der Waals surface area contributed by atoms with Crippen molar-refractivity contribution in [2.24, 2.45) is 4.99 Å². The summed E-state index contributed by atoms with van der Waals surface area (Å²) in [7, 11) is -2.06. The number of aliphatic imine (C=N–C) groups is 1. The average molecular weight is 396 g/mol. The highest BCUT2D eigenvalue weighted by Gasteiger charge is 2.45. The lowest BCUT2D eigenvalue weighted by Gasteiger charge is -2.25. The zero-order chi connectivity index (χ0) is 18.6.